The highest BCUT2D eigenvalue weighted by atomic mass is 16.5. The molecule has 0 saturated carbocycles. The molecule has 0 aliphatic rings. The largest absolute Gasteiger partial charge is 0.505 e. The maximum atomic E-state index is 10.1. The summed E-state index contributed by atoms with van der Waals surface area (Å²) in [5, 5.41) is 8.92. The van der Waals surface area contributed by atoms with Gasteiger partial charge in [-0.1, -0.05) is 12.1 Å². The molecule has 16 heavy (non-hydrogen) atoms. The summed E-state index contributed by atoms with van der Waals surface area (Å²) in [5.74, 6) is 0.322. The topological polar surface area (TPSA) is 72.6 Å². The fourth-order valence-electron chi connectivity index (χ4n) is 1.11. The number of carbonyl (C=O) groups is 1. The van der Waals surface area contributed by atoms with Gasteiger partial charge in [-0.05, 0) is 24.3 Å². The van der Waals surface area contributed by atoms with Crippen molar-refractivity contribution in [3.05, 3.63) is 47.7 Å². The Bertz CT molecular complexity index is 436. The first-order chi connectivity index (χ1) is 7.67. The molecule has 0 unspecified atom stereocenters. The van der Waals surface area contributed by atoms with E-state index in [0.29, 0.717) is 17.7 Å². The number of ether oxygens (including phenoxy) is 1. The second kappa shape index (κ2) is 5.60. The molecule has 0 atom stereocenters. The molecule has 1 rings (SSSR count). The van der Waals surface area contributed by atoms with Crippen LogP contribution in [0.15, 0.2) is 42.2 Å². The summed E-state index contributed by atoms with van der Waals surface area (Å²) in [7, 11) is 1.57. The molecule has 4 nitrogen and oxygen atoms in total. The molecule has 0 radical (unpaired) electrons. The van der Waals surface area contributed by atoms with Crippen molar-refractivity contribution in [3.63, 3.8) is 0 Å². The number of hydrogen-bond acceptors (Lipinski definition) is 4. The Balaban J connectivity index is 2.95. The molecule has 0 aliphatic heterocycles. The number of methoxy groups -OCH3 is 1. The van der Waals surface area contributed by atoms with Gasteiger partial charge in [0, 0.05) is 11.3 Å². The number of allylic oxidation sites excluding steroid dienone is 3. The van der Waals surface area contributed by atoms with Crippen molar-refractivity contribution in [2.75, 3.05) is 7.11 Å². The van der Waals surface area contributed by atoms with Crippen LogP contribution in [-0.2, 0) is 4.79 Å². The molecule has 4 heteroatoms. The third-order valence-electron chi connectivity index (χ3n) is 1.96. The Morgan fingerprint density at radius 1 is 1.44 bits per heavy atom. The molecule has 0 saturated heterocycles. The standard InChI is InChI=1S/C12H13NO3/c1-16-11-4-2-3-9(7-11)12(13)6-5-10(15)8-14/h2-8,15H,13H2,1H3/b10-5+,12-6-. The number of nitrogens with two attached hydrogens (primary N) is 1. The summed E-state index contributed by atoms with van der Waals surface area (Å²) >= 11 is 0. The summed E-state index contributed by atoms with van der Waals surface area (Å²) in [6.07, 6.45) is 3.04. The fourth-order valence-corrected chi connectivity index (χ4v) is 1.11. The molecule has 0 aliphatic carbocycles. The molecule has 0 aromatic heterocycles. The molecule has 84 valence electrons. The Hall–Kier alpha value is -2.23. The van der Waals surface area contributed by atoms with Crippen LogP contribution in [0.3, 0.4) is 0 Å². The van der Waals surface area contributed by atoms with Crippen molar-refractivity contribution in [2.24, 2.45) is 5.73 Å². The van der Waals surface area contributed by atoms with Gasteiger partial charge in [0.05, 0.1) is 7.11 Å². The van der Waals surface area contributed by atoms with Crippen LogP contribution < -0.4 is 10.5 Å². The van der Waals surface area contributed by atoms with Crippen LogP contribution in [0.25, 0.3) is 5.70 Å². The molecule has 1 aromatic rings. The highest BCUT2D eigenvalue weighted by Crippen LogP contribution is 2.16. The SMILES string of the molecule is COc1cccc(/C(N)=C/C=C(/O)C=O)c1. The van der Waals surface area contributed by atoms with E-state index in [1.165, 1.54) is 12.2 Å². The number of aldehydes is 1. The van der Waals surface area contributed by atoms with Crippen LogP contribution in [0.1, 0.15) is 5.56 Å². The predicted octanol–water partition coefficient (Wildman–Crippen LogP) is 1.64. The summed E-state index contributed by atoms with van der Waals surface area (Å²) in [4.78, 5) is 10.1. The second-order valence-corrected chi connectivity index (χ2v) is 3.06. The highest BCUT2D eigenvalue weighted by Gasteiger charge is 1.97. The van der Waals surface area contributed by atoms with E-state index in [2.05, 4.69) is 0 Å². The first kappa shape index (κ1) is 11.8. The number of benzene rings is 1. The summed E-state index contributed by atoms with van der Waals surface area (Å²) < 4.78 is 5.05. The van der Waals surface area contributed by atoms with Crippen LogP contribution in [0.2, 0.25) is 0 Å². The Labute approximate surface area is 93.7 Å². The van der Waals surface area contributed by atoms with Gasteiger partial charge in [-0.3, -0.25) is 4.79 Å². The lowest BCUT2D eigenvalue weighted by atomic mass is 10.1. The van der Waals surface area contributed by atoms with Gasteiger partial charge < -0.3 is 15.6 Å². The van der Waals surface area contributed by atoms with E-state index in [1.54, 1.807) is 31.4 Å². The van der Waals surface area contributed by atoms with Gasteiger partial charge in [-0.2, -0.15) is 0 Å². The van der Waals surface area contributed by atoms with Gasteiger partial charge in [-0.15, -0.1) is 0 Å². The third kappa shape index (κ3) is 3.16. The van der Waals surface area contributed by atoms with Crippen molar-refractivity contribution in [1.82, 2.24) is 0 Å². The minimum absolute atomic E-state index is 0.343. The molecular formula is C12H13NO3. The summed E-state index contributed by atoms with van der Waals surface area (Å²) in [6, 6.07) is 7.17. The lowest BCUT2D eigenvalue weighted by molar-refractivity contribution is -0.106. The number of aliphatic hydroxyl groups is 1. The first-order valence-corrected chi connectivity index (χ1v) is 4.63. The lowest BCUT2D eigenvalue weighted by Gasteiger charge is -2.03. The van der Waals surface area contributed by atoms with Gasteiger partial charge in [0.25, 0.3) is 0 Å². The van der Waals surface area contributed by atoms with Crippen molar-refractivity contribution in [1.29, 1.82) is 0 Å². The zero-order valence-corrected chi connectivity index (χ0v) is 8.88. The molecular weight excluding hydrogens is 206 g/mol. The zero-order valence-electron chi connectivity index (χ0n) is 8.88. The molecule has 0 fully saturated rings. The van der Waals surface area contributed by atoms with Crippen molar-refractivity contribution in [3.8, 4) is 5.75 Å². The maximum absolute atomic E-state index is 10.1. The average molecular weight is 219 g/mol. The summed E-state index contributed by atoms with van der Waals surface area (Å²) in [5.41, 5.74) is 6.95. The van der Waals surface area contributed by atoms with Crippen LogP contribution >= 0.6 is 0 Å². The predicted molar refractivity (Wildman–Crippen MR) is 61.9 cm³/mol. The number of rotatable bonds is 4. The van der Waals surface area contributed by atoms with Crippen LogP contribution in [0.4, 0.5) is 0 Å². The van der Waals surface area contributed by atoms with Gasteiger partial charge in [-0.25, -0.2) is 0 Å². The van der Waals surface area contributed by atoms with Gasteiger partial charge >= 0.3 is 0 Å². The first-order valence-electron chi connectivity index (χ1n) is 4.63. The van der Waals surface area contributed by atoms with E-state index in [9.17, 15) is 4.79 Å². The van der Waals surface area contributed by atoms with Crippen LogP contribution in [0, 0.1) is 0 Å². The van der Waals surface area contributed by atoms with E-state index in [1.807, 2.05) is 0 Å². The molecule has 0 heterocycles. The number of carbonyl (C=O) groups excluding carboxylic acids is 1. The normalized spacial score (nSPS) is 12.3. The highest BCUT2D eigenvalue weighted by molar-refractivity contribution is 5.72. The Morgan fingerprint density at radius 3 is 2.81 bits per heavy atom. The van der Waals surface area contributed by atoms with Crippen LogP contribution in [-0.4, -0.2) is 18.5 Å². The van der Waals surface area contributed by atoms with Crippen LogP contribution in [0.5, 0.6) is 5.75 Å². The molecule has 0 spiro atoms. The van der Waals surface area contributed by atoms with E-state index >= 15 is 0 Å². The summed E-state index contributed by atoms with van der Waals surface area (Å²) in [6.45, 7) is 0. The average Bonchev–Trinajstić information content (AvgIpc) is 2.35. The van der Waals surface area contributed by atoms with Gasteiger partial charge in [0.2, 0.25) is 0 Å². The third-order valence-corrected chi connectivity index (χ3v) is 1.96. The van der Waals surface area contributed by atoms with Crippen molar-refractivity contribution in [2.45, 2.75) is 0 Å². The maximum Gasteiger partial charge on any atom is 0.184 e. The van der Waals surface area contributed by atoms with E-state index < -0.39 is 0 Å². The van der Waals surface area contributed by atoms with Crippen molar-refractivity contribution >= 4 is 12.0 Å². The molecule has 0 amide bonds. The van der Waals surface area contributed by atoms with E-state index in [4.69, 9.17) is 15.6 Å². The fraction of sp³-hybridized carbons (Fsp3) is 0.0833. The van der Waals surface area contributed by atoms with Gasteiger partial charge in [0.15, 0.2) is 12.0 Å². The minimum Gasteiger partial charge on any atom is -0.505 e. The minimum atomic E-state index is -0.370. The van der Waals surface area contributed by atoms with Gasteiger partial charge in [0.1, 0.15) is 5.75 Å². The van der Waals surface area contributed by atoms with E-state index in [0.717, 1.165) is 5.56 Å². The lowest BCUT2D eigenvalue weighted by Crippen LogP contribution is -1.96. The Kier molecular flexibility index (Phi) is 4.15. The smallest absolute Gasteiger partial charge is 0.184 e. The number of aliphatic hydroxyl groups excluding tert-OH is 1. The quantitative estimate of drug-likeness (QED) is 0.349. The zero-order chi connectivity index (χ0) is 12.0. The molecule has 0 bridgehead atoms. The monoisotopic (exact) mass is 219 g/mol. The second-order valence-electron chi connectivity index (χ2n) is 3.06. The molecule has 3 N–H and O–H groups in total. The van der Waals surface area contributed by atoms with Crippen molar-refractivity contribution < 1.29 is 14.6 Å². The Morgan fingerprint density at radius 2 is 2.19 bits per heavy atom. The van der Waals surface area contributed by atoms with E-state index in [-0.39, 0.29) is 5.76 Å². The number of hydrogen-bond donors (Lipinski definition) is 2. The molecule has 1 aromatic carbocycles.